The van der Waals surface area contributed by atoms with Gasteiger partial charge in [-0.05, 0) is 55.0 Å². The van der Waals surface area contributed by atoms with Crippen LogP contribution < -0.4 is 10.5 Å². The quantitative estimate of drug-likeness (QED) is 0.853. The van der Waals surface area contributed by atoms with Gasteiger partial charge in [-0.25, -0.2) is 13.1 Å². The van der Waals surface area contributed by atoms with E-state index in [1.807, 2.05) is 6.07 Å². The maximum Gasteiger partial charge on any atom is 0.250 e. The Hall–Kier alpha value is -0.370. The average Bonchev–Trinajstić information content (AvgIpc) is 3.04. The lowest BCUT2D eigenvalue weighted by Crippen LogP contribution is -2.39. The lowest BCUT2D eigenvalue weighted by atomic mass is 10.1. The first-order valence-corrected chi connectivity index (χ1v) is 9.59. The summed E-state index contributed by atoms with van der Waals surface area (Å²) >= 11 is 7.21. The second-order valence-corrected chi connectivity index (χ2v) is 8.86. The first-order valence-electron chi connectivity index (χ1n) is 6.91. The van der Waals surface area contributed by atoms with E-state index >= 15 is 0 Å². The summed E-state index contributed by atoms with van der Waals surface area (Å²) in [7, 11) is -3.49. The Bertz CT molecular complexity index is 761. The third kappa shape index (κ3) is 3.58. The molecule has 122 valence electrons. The predicted molar refractivity (Wildman–Crippen MR) is 94.6 cm³/mol. The molecule has 8 heteroatoms. The Morgan fingerprint density at radius 1 is 1.32 bits per heavy atom. The van der Waals surface area contributed by atoms with Crippen molar-refractivity contribution in [3.8, 4) is 0 Å². The largest absolute Gasteiger partial charge is 0.330 e. The number of halogens is 2. The summed E-state index contributed by atoms with van der Waals surface area (Å²) in [5.74, 6) is 0.239. The van der Waals surface area contributed by atoms with E-state index in [-0.39, 0.29) is 24.4 Å². The Kier molecular flexibility index (Phi) is 5.74. The van der Waals surface area contributed by atoms with Crippen LogP contribution in [0.4, 0.5) is 0 Å². The normalized spacial score (nSPS) is 21.9. The molecule has 3 rings (SSSR count). The SMILES string of the molecule is Cl.NCC1CCCC1NS(=O)(=O)c1cc2cc(Cl)ccc2s1. The highest BCUT2D eigenvalue weighted by atomic mass is 35.5. The number of benzene rings is 1. The first-order chi connectivity index (χ1) is 9.99. The third-order valence-corrected chi connectivity index (χ3v) is 7.30. The van der Waals surface area contributed by atoms with Gasteiger partial charge < -0.3 is 5.73 Å². The van der Waals surface area contributed by atoms with Crippen molar-refractivity contribution in [2.24, 2.45) is 11.7 Å². The minimum atomic E-state index is -3.49. The van der Waals surface area contributed by atoms with Crippen molar-refractivity contribution in [3.05, 3.63) is 29.3 Å². The van der Waals surface area contributed by atoms with Crippen molar-refractivity contribution in [1.29, 1.82) is 0 Å². The van der Waals surface area contributed by atoms with Gasteiger partial charge in [-0.1, -0.05) is 18.0 Å². The summed E-state index contributed by atoms with van der Waals surface area (Å²) in [5, 5.41) is 1.46. The van der Waals surface area contributed by atoms with Gasteiger partial charge in [0.05, 0.1) is 0 Å². The van der Waals surface area contributed by atoms with E-state index in [0.29, 0.717) is 15.8 Å². The fraction of sp³-hybridized carbons (Fsp3) is 0.429. The average molecular weight is 381 g/mol. The van der Waals surface area contributed by atoms with Crippen molar-refractivity contribution < 1.29 is 8.42 Å². The van der Waals surface area contributed by atoms with Crippen molar-refractivity contribution in [2.75, 3.05) is 6.54 Å². The molecule has 1 aliphatic rings. The maximum atomic E-state index is 12.5. The van der Waals surface area contributed by atoms with Gasteiger partial charge in [-0.15, -0.1) is 23.7 Å². The smallest absolute Gasteiger partial charge is 0.250 e. The molecule has 0 radical (unpaired) electrons. The number of sulfonamides is 1. The molecule has 22 heavy (non-hydrogen) atoms. The molecule has 2 unspecified atom stereocenters. The van der Waals surface area contributed by atoms with Crippen LogP contribution in [0.2, 0.25) is 5.02 Å². The van der Waals surface area contributed by atoms with Gasteiger partial charge in [0.2, 0.25) is 10.0 Å². The molecule has 0 amide bonds. The van der Waals surface area contributed by atoms with Gasteiger partial charge in [0.15, 0.2) is 0 Å². The number of hydrogen-bond donors (Lipinski definition) is 2. The van der Waals surface area contributed by atoms with Crippen molar-refractivity contribution in [3.63, 3.8) is 0 Å². The summed E-state index contributed by atoms with van der Waals surface area (Å²) in [5.41, 5.74) is 5.71. The summed E-state index contributed by atoms with van der Waals surface area (Å²) < 4.78 is 29.1. The Balaban J connectivity index is 0.00000176. The molecule has 1 aromatic heterocycles. The maximum absolute atomic E-state index is 12.5. The van der Waals surface area contributed by atoms with Crippen LogP contribution in [0.1, 0.15) is 19.3 Å². The van der Waals surface area contributed by atoms with E-state index in [0.717, 1.165) is 29.3 Å². The van der Waals surface area contributed by atoms with Crippen LogP contribution in [-0.4, -0.2) is 21.0 Å². The van der Waals surface area contributed by atoms with E-state index in [1.54, 1.807) is 18.2 Å². The fourth-order valence-electron chi connectivity index (χ4n) is 2.85. The molecule has 0 saturated heterocycles. The third-order valence-electron chi connectivity index (χ3n) is 3.99. The first kappa shape index (κ1) is 18.0. The highest BCUT2D eigenvalue weighted by molar-refractivity contribution is 7.91. The number of rotatable bonds is 4. The lowest BCUT2D eigenvalue weighted by Gasteiger charge is -2.18. The van der Waals surface area contributed by atoms with Gasteiger partial charge in [-0.2, -0.15) is 0 Å². The minimum absolute atomic E-state index is 0. The zero-order chi connectivity index (χ0) is 15.0. The van der Waals surface area contributed by atoms with Crippen LogP contribution >= 0.6 is 35.3 Å². The van der Waals surface area contributed by atoms with E-state index in [2.05, 4.69) is 4.72 Å². The van der Waals surface area contributed by atoms with Crippen LogP contribution in [0, 0.1) is 5.92 Å². The zero-order valence-corrected chi connectivity index (χ0v) is 15.0. The zero-order valence-electron chi connectivity index (χ0n) is 11.8. The molecule has 1 fully saturated rings. The van der Waals surface area contributed by atoms with E-state index in [1.165, 1.54) is 11.3 Å². The van der Waals surface area contributed by atoms with Gasteiger partial charge in [0.1, 0.15) is 4.21 Å². The molecule has 0 spiro atoms. The van der Waals surface area contributed by atoms with E-state index in [4.69, 9.17) is 17.3 Å². The van der Waals surface area contributed by atoms with Crippen LogP contribution in [0.3, 0.4) is 0 Å². The molecule has 2 atom stereocenters. The molecular formula is C14H18Cl2N2O2S2. The second-order valence-electron chi connectivity index (χ2n) is 5.40. The number of thiophene rings is 1. The molecule has 0 bridgehead atoms. The Morgan fingerprint density at radius 3 is 2.82 bits per heavy atom. The number of fused-ring (bicyclic) bond motifs is 1. The van der Waals surface area contributed by atoms with Crippen LogP contribution in [0.25, 0.3) is 10.1 Å². The van der Waals surface area contributed by atoms with E-state index in [9.17, 15) is 8.42 Å². The Labute approximate surface area is 145 Å². The fourth-order valence-corrected chi connectivity index (χ4v) is 5.77. The van der Waals surface area contributed by atoms with Crippen molar-refractivity contribution >= 4 is 55.5 Å². The monoisotopic (exact) mass is 380 g/mol. The van der Waals surface area contributed by atoms with Crippen LogP contribution in [-0.2, 0) is 10.0 Å². The molecule has 1 aromatic carbocycles. The predicted octanol–water partition coefficient (Wildman–Crippen LogP) is 3.38. The molecule has 3 N–H and O–H groups in total. The summed E-state index contributed by atoms with van der Waals surface area (Å²) in [6.45, 7) is 0.523. The number of nitrogens with two attached hydrogens (primary N) is 1. The Morgan fingerprint density at radius 2 is 2.09 bits per heavy atom. The summed E-state index contributed by atoms with van der Waals surface area (Å²) in [6, 6.07) is 7.03. The summed E-state index contributed by atoms with van der Waals surface area (Å²) in [4.78, 5) is 0. The van der Waals surface area contributed by atoms with Crippen LogP contribution in [0.5, 0.6) is 0 Å². The topological polar surface area (TPSA) is 72.2 Å². The molecule has 1 saturated carbocycles. The van der Waals surface area contributed by atoms with Crippen LogP contribution in [0.15, 0.2) is 28.5 Å². The van der Waals surface area contributed by atoms with Gasteiger partial charge >= 0.3 is 0 Å². The highest BCUT2D eigenvalue weighted by Crippen LogP contribution is 2.32. The molecule has 1 heterocycles. The lowest BCUT2D eigenvalue weighted by molar-refractivity contribution is 0.453. The van der Waals surface area contributed by atoms with Gasteiger partial charge in [-0.3, -0.25) is 0 Å². The molecule has 4 nitrogen and oxygen atoms in total. The van der Waals surface area contributed by atoms with E-state index < -0.39 is 10.0 Å². The molecular weight excluding hydrogens is 363 g/mol. The summed E-state index contributed by atoms with van der Waals surface area (Å²) in [6.07, 6.45) is 2.88. The minimum Gasteiger partial charge on any atom is -0.330 e. The van der Waals surface area contributed by atoms with Gasteiger partial charge in [0, 0.05) is 15.8 Å². The molecule has 1 aliphatic carbocycles. The van der Waals surface area contributed by atoms with Gasteiger partial charge in [0.25, 0.3) is 0 Å². The standard InChI is InChI=1S/C14H17ClN2O2S2.ClH/c15-11-4-5-13-10(6-11)7-14(20-13)21(18,19)17-12-3-1-2-9(12)8-16;/h4-7,9,12,17H,1-3,8,16H2;1H. The molecule has 2 aromatic rings. The number of hydrogen-bond acceptors (Lipinski definition) is 4. The van der Waals surface area contributed by atoms with Crippen molar-refractivity contribution in [1.82, 2.24) is 4.72 Å². The highest BCUT2D eigenvalue weighted by Gasteiger charge is 2.31. The number of nitrogens with one attached hydrogen (secondary N) is 1. The second kappa shape index (κ2) is 7.03. The molecule has 0 aliphatic heterocycles. The van der Waals surface area contributed by atoms with Crippen molar-refractivity contribution in [2.45, 2.75) is 29.5 Å².